The molecule has 6 rings (SSSR count). The number of allylic oxidation sites excluding steroid dienone is 4. The first-order valence-corrected chi connectivity index (χ1v) is 16.8. The van der Waals surface area contributed by atoms with Gasteiger partial charge in [0.05, 0.1) is 5.92 Å². The molecule has 1 aliphatic heterocycles. The summed E-state index contributed by atoms with van der Waals surface area (Å²) in [4.78, 5) is 24.4. The van der Waals surface area contributed by atoms with Crippen molar-refractivity contribution < 1.29 is 69.4 Å². The summed E-state index contributed by atoms with van der Waals surface area (Å²) < 4.78 is 17.5. The molecule has 280 valence electrons. The summed E-state index contributed by atoms with van der Waals surface area (Å²) in [5.74, 6) is -6.66. The van der Waals surface area contributed by atoms with Crippen LogP contribution in [-0.2, 0) is 20.7 Å². The number of aromatic hydroxyl groups is 4. The molecule has 4 aromatic rings. The smallest absolute Gasteiger partial charge is 0.335 e. The van der Waals surface area contributed by atoms with Crippen LogP contribution in [0.3, 0.4) is 0 Å². The molecule has 0 bridgehead atoms. The van der Waals surface area contributed by atoms with Gasteiger partial charge in [0, 0.05) is 40.0 Å². The number of phenolic OH excluding ortho intramolecular Hbond substituents is 4. The van der Waals surface area contributed by atoms with Gasteiger partial charge in [-0.25, -0.2) is 4.79 Å². The molecule has 8 unspecified atom stereocenters. The third-order valence-electron chi connectivity index (χ3n) is 9.80. The number of ether oxygens (including phenoxy) is 2. The van der Waals surface area contributed by atoms with Crippen LogP contribution in [0.15, 0.2) is 76.2 Å². The second-order valence-corrected chi connectivity index (χ2v) is 13.8. The molecule has 1 saturated heterocycles. The maximum Gasteiger partial charge on any atom is 0.335 e. The lowest BCUT2D eigenvalue weighted by molar-refractivity contribution is -0.271. The molecule has 8 atom stereocenters. The first kappa shape index (κ1) is 37.2. The second-order valence-electron chi connectivity index (χ2n) is 13.8. The summed E-state index contributed by atoms with van der Waals surface area (Å²) in [5.41, 5.74) is 3.00. The van der Waals surface area contributed by atoms with Gasteiger partial charge in [0.15, 0.2) is 6.10 Å². The predicted molar refractivity (Wildman–Crippen MR) is 188 cm³/mol. The fraction of sp³-hybridized carbons (Fsp3) is 0.333. The number of fused-ring (bicyclic) bond motifs is 1. The zero-order chi connectivity index (χ0) is 38.5. The molecule has 9 N–H and O–H groups in total. The third-order valence-corrected chi connectivity index (χ3v) is 9.80. The van der Waals surface area contributed by atoms with Gasteiger partial charge in [-0.05, 0) is 75.6 Å². The van der Waals surface area contributed by atoms with Crippen molar-refractivity contribution in [2.45, 2.75) is 76.2 Å². The molecule has 0 radical (unpaired) electrons. The Morgan fingerprint density at radius 1 is 0.868 bits per heavy atom. The summed E-state index contributed by atoms with van der Waals surface area (Å²) in [7, 11) is 0. The van der Waals surface area contributed by atoms with Gasteiger partial charge in [0.2, 0.25) is 6.29 Å². The quantitative estimate of drug-likeness (QED) is 0.107. The van der Waals surface area contributed by atoms with E-state index in [0.29, 0.717) is 22.1 Å². The number of aliphatic hydroxyl groups excluding tert-OH is 3. The molecule has 53 heavy (non-hydrogen) atoms. The number of carboxylic acid groups (broad SMARTS) is 2. The molecule has 2 heterocycles. The van der Waals surface area contributed by atoms with E-state index >= 15 is 0 Å². The van der Waals surface area contributed by atoms with Crippen molar-refractivity contribution in [2.75, 3.05) is 0 Å². The Balaban J connectivity index is 1.38. The van der Waals surface area contributed by atoms with Gasteiger partial charge in [-0.2, -0.15) is 0 Å². The molecule has 14 nitrogen and oxygen atoms in total. The number of benzene rings is 3. The van der Waals surface area contributed by atoms with E-state index in [1.165, 1.54) is 24.3 Å². The van der Waals surface area contributed by atoms with Gasteiger partial charge in [0.1, 0.15) is 58.4 Å². The number of carbonyl (C=O) groups is 2. The van der Waals surface area contributed by atoms with Crippen LogP contribution in [0.2, 0.25) is 0 Å². The minimum atomic E-state index is -1.90. The highest BCUT2D eigenvalue weighted by Gasteiger charge is 2.48. The van der Waals surface area contributed by atoms with Crippen molar-refractivity contribution in [3.05, 3.63) is 88.5 Å². The zero-order valence-electron chi connectivity index (χ0n) is 28.9. The van der Waals surface area contributed by atoms with E-state index in [0.717, 1.165) is 17.2 Å². The third kappa shape index (κ3) is 7.13. The molecule has 1 fully saturated rings. The number of aliphatic hydroxyl groups is 3. The summed E-state index contributed by atoms with van der Waals surface area (Å²) in [6, 6.07) is 11.4. The Hall–Kier alpha value is -5.54. The molecule has 2 aliphatic rings. The van der Waals surface area contributed by atoms with E-state index in [-0.39, 0.29) is 47.0 Å². The normalized spacial score (nSPS) is 25.8. The number of furan rings is 1. The molecular formula is C39H40O14. The topological polar surface area (TPSA) is 248 Å². The van der Waals surface area contributed by atoms with Crippen molar-refractivity contribution in [1.29, 1.82) is 0 Å². The van der Waals surface area contributed by atoms with Crippen LogP contribution < -0.4 is 4.74 Å². The summed E-state index contributed by atoms with van der Waals surface area (Å²) in [6.45, 7) is 5.53. The molecule has 1 aliphatic carbocycles. The van der Waals surface area contributed by atoms with Crippen molar-refractivity contribution in [3.8, 4) is 40.1 Å². The largest absolute Gasteiger partial charge is 0.508 e. The molecule has 0 spiro atoms. The lowest BCUT2D eigenvalue weighted by Crippen LogP contribution is -2.61. The van der Waals surface area contributed by atoms with Gasteiger partial charge >= 0.3 is 11.9 Å². The highest BCUT2D eigenvalue weighted by molar-refractivity contribution is 5.88. The summed E-state index contributed by atoms with van der Waals surface area (Å²) in [5, 5.41) is 94.6. The fourth-order valence-electron chi connectivity index (χ4n) is 7.22. The lowest BCUT2D eigenvalue weighted by atomic mass is 9.68. The first-order valence-electron chi connectivity index (χ1n) is 16.8. The van der Waals surface area contributed by atoms with Gasteiger partial charge < -0.3 is 59.8 Å². The van der Waals surface area contributed by atoms with Crippen LogP contribution in [0, 0.1) is 5.92 Å². The molecule has 1 aromatic heterocycles. The van der Waals surface area contributed by atoms with Crippen LogP contribution in [0.4, 0.5) is 0 Å². The summed E-state index contributed by atoms with van der Waals surface area (Å²) in [6.07, 6.45) is -5.04. The Morgan fingerprint density at radius 3 is 2.19 bits per heavy atom. The summed E-state index contributed by atoms with van der Waals surface area (Å²) >= 11 is 0. The fourth-order valence-corrected chi connectivity index (χ4v) is 7.22. The predicted octanol–water partition coefficient (Wildman–Crippen LogP) is 4.62. The Bertz CT molecular complexity index is 2100. The number of carboxylic acids is 2. The molecular weight excluding hydrogens is 692 g/mol. The number of aliphatic carboxylic acids is 2. The van der Waals surface area contributed by atoms with Gasteiger partial charge in [-0.1, -0.05) is 29.4 Å². The van der Waals surface area contributed by atoms with Crippen LogP contribution in [0.25, 0.3) is 22.3 Å². The Kier molecular flexibility index (Phi) is 10.2. The minimum Gasteiger partial charge on any atom is -0.508 e. The average Bonchev–Trinajstić information content (AvgIpc) is 3.51. The highest BCUT2D eigenvalue weighted by Crippen LogP contribution is 2.52. The van der Waals surface area contributed by atoms with Crippen LogP contribution in [0.5, 0.6) is 28.7 Å². The van der Waals surface area contributed by atoms with Crippen molar-refractivity contribution in [3.63, 3.8) is 0 Å². The van der Waals surface area contributed by atoms with Crippen LogP contribution in [0.1, 0.15) is 55.7 Å². The van der Waals surface area contributed by atoms with E-state index in [1.807, 2.05) is 19.9 Å². The molecule has 14 heteroatoms. The number of hydrogen-bond donors (Lipinski definition) is 9. The highest BCUT2D eigenvalue weighted by atomic mass is 16.7. The maximum atomic E-state index is 12.8. The molecule has 0 amide bonds. The SMILES string of the molecule is CC(C)=CCc1c(OC2OC(C(=O)O)C(O)C(O)C2O)ccc2cc(-c3cc(O)c(C4C=C(C)CC(c5ccc(O)cc5O)C4C(=O)O)c(O)c3)oc12. The van der Waals surface area contributed by atoms with Crippen LogP contribution in [-0.4, -0.2) is 88.6 Å². The second kappa shape index (κ2) is 14.5. The molecule has 0 saturated carbocycles. The zero-order valence-corrected chi connectivity index (χ0v) is 28.9. The van der Waals surface area contributed by atoms with Crippen molar-refractivity contribution in [2.24, 2.45) is 5.92 Å². The van der Waals surface area contributed by atoms with Gasteiger partial charge in [-0.15, -0.1) is 0 Å². The Morgan fingerprint density at radius 2 is 1.57 bits per heavy atom. The van der Waals surface area contributed by atoms with E-state index in [2.05, 4.69) is 0 Å². The minimum absolute atomic E-state index is 0.0301. The monoisotopic (exact) mass is 732 g/mol. The molecule has 3 aromatic carbocycles. The standard InChI is InChI=1S/C39H40O14/c1-16(2)4-7-22-28(52-39-34(46)32(44)33(45)36(53-39)38(49)50)9-5-18-14-29(51-35(18)22)19-12-26(42)31(27(43)13-19)24-11-17(3)10-23(30(24)37(47)48)21-8-6-20(40)15-25(21)41/h4-6,8-9,11-15,23-24,30,32-34,36,39-46H,7,10H2,1-3H3,(H,47,48)(H,49,50). The van der Waals surface area contributed by atoms with E-state index in [9.17, 15) is 55.5 Å². The first-order chi connectivity index (χ1) is 25.0. The Labute approximate surface area is 302 Å². The number of rotatable bonds is 9. The average molecular weight is 733 g/mol. The number of hydrogen-bond acceptors (Lipinski definition) is 12. The van der Waals surface area contributed by atoms with Crippen LogP contribution >= 0.6 is 0 Å². The van der Waals surface area contributed by atoms with Gasteiger partial charge in [-0.3, -0.25) is 4.79 Å². The number of phenols is 4. The van der Waals surface area contributed by atoms with E-state index in [1.54, 1.807) is 31.2 Å². The van der Waals surface area contributed by atoms with E-state index in [4.69, 9.17) is 13.9 Å². The van der Waals surface area contributed by atoms with E-state index < -0.39 is 71.9 Å². The lowest BCUT2D eigenvalue weighted by Gasteiger charge is -2.38. The maximum absolute atomic E-state index is 12.8. The van der Waals surface area contributed by atoms with Crippen molar-refractivity contribution in [1.82, 2.24) is 0 Å². The van der Waals surface area contributed by atoms with Gasteiger partial charge in [0.25, 0.3) is 0 Å². The van der Waals surface area contributed by atoms with Crippen molar-refractivity contribution >= 4 is 22.9 Å².